The molecule has 0 aliphatic carbocycles. The average Bonchev–Trinajstić information content (AvgIpc) is 2.79. The highest BCUT2D eigenvalue weighted by atomic mass is 19.4. The van der Waals surface area contributed by atoms with Crippen molar-refractivity contribution in [1.82, 2.24) is 24.8 Å². The lowest BCUT2D eigenvalue weighted by molar-refractivity contribution is -0.192. The number of aromatic amines is 1. The van der Waals surface area contributed by atoms with Gasteiger partial charge in [-0.2, -0.15) is 13.2 Å². The summed E-state index contributed by atoms with van der Waals surface area (Å²) in [5.74, 6) is -2.19. The first-order valence-electron chi connectivity index (χ1n) is 10.2. The molecule has 1 amide bonds. The van der Waals surface area contributed by atoms with Crippen molar-refractivity contribution in [3.63, 3.8) is 0 Å². The van der Waals surface area contributed by atoms with Gasteiger partial charge in [-0.15, -0.1) is 0 Å². The summed E-state index contributed by atoms with van der Waals surface area (Å²) >= 11 is 0. The van der Waals surface area contributed by atoms with Crippen LogP contribution in [-0.2, 0) is 16.1 Å². The Kier molecular flexibility index (Phi) is 9.23. The van der Waals surface area contributed by atoms with Crippen LogP contribution in [0.25, 0.3) is 22.6 Å². The lowest BCUT2D eigenvalue weighted by atomic mass is 10.1. The number of halogens is 3. The fraction of sp³-hybridized carbons (Fsp3) is 0.261. The summed E-state index contributed by atoms with van der Waals surface area (Å²) in [5, 5.41) is 7.12. The molecule has 0 fully saturated rings. The lowest BCUT2D eigenvalue weighted by Gasteiger charge is -2.19. The minimum absolute atomic E-state index is 0.0631. The predicted octanol–water partition coefficient (Wildman–Crippen LogP) is 2.65. The van der Waals surface area contributed by atoms with E-state index >= 15 is 0 Å². The number of nitrogens with zero attached hydrogens (tertiary/aromatic N) is 4. The van der Waals surface area contributed by atoms with E-state index in [1.54, 1.807) is 31.4 Å². The normalized spacial score (nSPS) is 10.9. The van der Waals surface area contributed by atoms with Gasteiger partial charge in [-0.3, -0.25) is 19.5 Å². The number of nitrogens with one attached hydrogen (secondary N) is 1. The number of hydrogen-bond acceptors (Lipinski definition) is 6. The molecule has 9 nitrogen and oxygen atoms in total. The molecular formula is C23H24F3N5O4. The second-order valence-electron chi connectivity index (χ2n) is 7.68. The van der Waals surface area contributed by atoms with Gasteiger partial charge < -0.3 is 15.0 Å². The van der Waals surface area contributed by atoms with Gasteiger partial charge in [0.15, 0.2) is 0 Å². The Hall–Kier alpha value is -4.06. The summed E-state index contributed by atoms with van der Waals surface area (Å²) < 4.78 is 31.7. The van der Waals surface area contributed by atoms with Crippen LogP contribution in [0.3, 0.4) is 0 Å². The zero-order valence-electron chi connectivity index (χ0n) is 19.2. The van der Waals surface area contributed by atoms with Gasteiger partial charge in [0.05, 0.1) is 12.2 Å². The molecule has 0 unspecified atom stereocenters. The van der Waals surface area contributed by atoms with Crippen molar-refractivity contribution in [3.05, 3.63) is 70.8 Å². The maximum Gasteiger partial charge on any atom is 0.490 e. The molecule has 0 aliphatic heterocycles. The van der Waals surface area contributed by atoms with Gasteiger partial charge in [0.25, 0.3) is 5.56 Å². The van der Waals surface area contributed by atoms with E-state index in [4.69, 9.17) is 9.90 Å². The molecule has 0 saturated heterocycles. The predicted molar refractivity (Wildman–Crippen MR) is 122 cm³/mol. The number of amides is 1. The van der Waals surface area contributed by atoms with E-state index in [0.717, 1.165) is 16.7 Å². The summed E-state index contributed by atoms with van der Waals surface area (Å²) in [7, 11) is 5.41. The van der Waals surface area contributed by atoms with E-state index in [-0.39, 0.29) is 11.5 Å². The Balaban J connectivity index is 0.000000540. The van der Waals surface area contributed by atoms with Gasteiger partial charge in [0.1, 0.15) is 5.82 Å². The second kappa shape index (κ2) is 11.9. The van der Waals surface area contributed by atoms with Crippen molar-refractivity contribution in [3.8, 4) is 22.6 Å². The summed E-state index contributed by atoms with van der Waals surface area (Å²) in [4.78, 5) is 47.7. The van der Waals surface area contributed by atoms with Crippen LogP contribution in [0.2, 0.25) is 0 Å². The van der Waals surface area contributed by atoms with E-state index in [1.807, 2.05) is 48.3 Å². The number of carboxylic acid groups (broad SMARTS) is 1. The Morgan fingerprint density at radius 1 is 1.06 bits per heavy atom. The SMILES string of the molecule is CN(CC(=O)N(C)C)Cc1ccc(-c2nc(-c3cccnc3)cc(=O)[nH]2)cc1.O=C(O)C(F)(F)F. The maximum absolute atomic E-state index is 12.1. The number of aliphatic carboxylic acids is 1. The smallest absolute Gasteiger partial charge is 0.475 e. The molecule has 186 valence electrons. The monoisotopic (exact) mass is 491 g/mol. The molecule has 0 spiro atoms. The van der Waals surface area contributed by atoms with E-state index in [9.17, 15) is 22.8 Å². The number of hydrogen-bond donors (Lipinski definition) is 2. The van der Waals surface area contributed by atoms with Crippen LogP contribution in [0.4, 0.5) is 13.2 Å². The lowest BCUT2D eigenvalue weighted by Crippen LogP contribution is -2.34. The van der Waals surface area contributed by atoms with E-state index in [0.29, 0.717) is 24.6 Å². The van der Waals surface area contributed by atoms with Gasteiger partial charge in [0.2, 0.25) is 5.91 Å². The van der Waals surface area contributed by atoms with Gasteiger partial charge in [0, 0.05) is 50.2 Å². The fourth-order valence-corrected chi connectivity index (χ4v) is 2.76. The molecule has 0 saturated carbocycles. The van der Waals surface area contributed by atoms with Gasteiger partial charge in [-0.25, -0.2) is 9.78 Å². The van der Waals surface area contributed by atoms with Crippen molar-refractivity contribution < 1.29 is 27.9 Å². The quantitative estimate of drug-likeness (QED) is 0.544. The molecule has 0 bridgehead atoms. The number of H-pyrrole nitrogens is 1. The molecule has 2 aromatic heterocycles. The molecule has 3 rings (SSSR count). The third-order valence-corrected chi connectivity index (χ3v) is 4.53. The molecule has 3 aromatic rings. The van der Waals surface area contributed by atoms with E-state index in [2.05, 4.69) is 15.0 Å². The molecule has 0 aliphatic rings. The molecule has 2 N–H and O–H groups in total. The second-order valence-corrected chi connectivity index (χ2v) is 7.68. The highest BCUT2D eigenvalue weighted by molar-refractivity contribution is 5.77. The van der Waals surface area contributed by atoms with Crippen molar-refractivity contribution in [2.24, 2.45) is 0 Å². The molecule has 12 heteroatoms. The minimum atomic E-state index is -5.08. The Bertz CT molecular complexity index is 1200. The van der Waals surface area contributed by atoms with E-state index < -0.39 is 12.1 Å². The number of rotatable bonds is 6. The Labute approximate surface area is 198 Å². The number of benzene rings is 1. The zero-order chi connectivity index (χ0) is 26.2. The van der Waals surface area contributed by atoms with E-state index in [1.165, 1.54) is 6.07 Å². The largest absolute Gasteiger partial charge is 0.490 e. The van der Waals surface area contributed by atoms with Crippen molar-refractivity contribution in [1.29, 1.82) is 0 Å². The fourth-order valence-electron chi connectivity index (χ4n) is 2.76. The number of alkyl halides is 3. The standard InChI is InChI=1S/C21H23N5O2.C2HF3O2/c1-25(2)20(28)14-26(3)13-15-6-8-16(9-7-15)21-23-18(11-19(27)24-21)17-5-4-10-22-12-17;3-2(4,5)1(6)7/h4-12H,13-14H2,1-3H3,(H,23,24,27);(H,6,7). The van der Waals surface area contributed by atoms with Crippen LogP contribution in [0.15, 0.2) is 59.7 Å². The third-order valence-electron chi connectivity index (χ3n) is 4.53. The minimum Gasteiger partial charge on any atom is -0.475 e. The molecule has 2 heterocycles. The maximum atomic E-state index is 12.1. The molecule has 0 radical (unpaired) electrons. The number of likely N-dealkylation sites (N-methyl/N-ethyl adjacent to an activating group) is 2. The first-order chi connectivity index (χ1) is 16.4. The first-order valence-corrected chi connectivity index (χ1v) is 10.2. The van der Waals surface area contributed by atoms with Crippen LogP contribution in [0, 0.1) is 0 Å². The molecular weight excluding hydrogens is 467 g/mol. The van der Waals surface area contributed by atoms with Crippen molar-refractivity contribution >= 4 is 11.9 Å². The summed E-state index contributed by atoms with van der Waals surface area (Å²) in [6, 6.07) is 12.9. The van der Waals surface area contributed by atoms with Crippen LogP contribution < -0.4 is 5.56 Å². The first kappa shape index (κ1) is 27.2. The average molecular weight is 491 g/mol. The number of carbonyl (C=O) groups is 2. The highest BCUT2D eigenvalue weighted by Gasteiger charge is 2.38. The Morgan fingerprint density at radius 2 is 1.69 bits per heavy atom. The number of carboxylic acids is 1. The zero-order valence-corrected chi connectivity index (χ0v) is 19.2. The molecule has 0 atom stereocenters. The summed E-state index contributed by atoms with van der Waals surface area (Å²) in [5.41, 5.74) is 3.05. The van der Waals surface area contributed by atoms with Crippen LogP contribution in [-0.4, -0.2) is 75.6 Å². The number of carbonyl (C=O) groups excluding carboxylic acids is 1. The van der Waals surface area contributed by atoms with Crippen molar-refractivity contribution in [2.45, 2.75) is 12.7 Å². The topological polar surface area (TPSA) is 119 Å². The number of aromatic nitrogens is 3. The van der Waals surface area contributed by atoms with Crippen molar-refractivity contribution in [2.75, 3.05) is 27.7 Å². The molecule has 1 aromatic carbocycles. The van der Waals surface area contributed by atoms with Crippen LogP contribution in [0.5, 0.6) is 0 Å². The van der Waals surface area contributed by atoms with Gasteiger partial charge in [-0.1, -0.05) is 24.3 Å². The summed E-state index contributed by atoms with van der Waals surface area (Å²) in [6.45, 7) is 1.01. The molecule has 35 heavy (non-hydrogen) atoms. The third kappa shape index (κ3) is 8.66. The van der Waals surface area contributed by atoms with Gasteiger partial charge >= 0.3 is 12.1 Å². The van der Waals surface area contributed by atoms with Gasteiger partial charge in [-0.05, 0) is 24.7 Å². The summed E-state index contributed by atoms with van der Waals surface area (Å²) in [6.07, 6.45) is -1.72. The van der Waals surface area contributed by atoms with Crippen LogP contribution >= 0.6 is 0 Å². The van der Waals surface area contributed by atoms with Crippen LogP contribution in [0.1, 0.15) is 5.56 Å². The highest BCUT2D eigenvalue weighted by Crippen LogP contribution is 2.19. The number of pyridine rings is 1. The Morgan fingerprint density at radius 3 is 2.20 bits per heavy atom.